The zero-order valence-electron chi connectivity index (χ0n) is 10.3. The lowest BCUT2D eigenvalue weighted by atomic mass is 10.1. The van der Waals surface area contributed by atoms with Gasteiger partial charge in [-0.1, -0.05) is 0 Å². The number of fused-ring (bicyclic) bond motifs is 1. The Kier molecular flexibility index (Phi) is 2.81. The fourth-order valence-corrected chi connectivity index (χ4v) is 1.96. The summed E-state index contributed by atoms with van der Waals surface area (Å²) in [5, 5.41) is 9.26. The number of carbonyl (C=O) groups is 1. The molecule has 0 spiro atoms. The number of rotatable bonds is 2. The van der Waals surface area contributed by atoms with Crippen molar-refractivity contribution < 1.29 is 13.6 Å². The SMILES string of the molecule is N#Cc1ccc(C(=O)c2cc3cc(F)ccc3o2)cc1. The Labute approximate surface area is 113 Å². The molecule has 3 rings (SSSR count). The minimum Gasteiger partial charge on any atom is -0.453 e. The Bertz CT molecular complexity index is 841. The van der Waals surface area contributed by atoms with Gasteiger partial charge in [0.05, 0.1) is 11.6 Å². The molecule has 1 aromatic heterocycles. The number of ketones is 1. The van der Waals surface area contributed by atoms with Gasteiger partial charge in [-0.3, -0.25) is 4.79 Å². The first-order chi connectivity index (χ1) is 9.67. The van der Waals surface area contributed by atoms with Gasteiger partial charge in [-0.05, 0) is 48.5 Å². The number of hydrogen-bond acceptors (Lipinski definition) is 3. The molecule has 20 heavy (non-hydrogen) atoms. The van der Waals surface area contributed by atoms with Crippen LogP contribution in [0.15, 0.2) is 52.9 Å². The monoisotopic (exact) mass is 265 g/mol. The van der Waals surface area contributed by atoms with Gasteiger partial charge in [0.2, 0.25) is 5.78 Å². The second kappa shape index (κ2) is 4.63. The van der Waals surface area contributed by atoms with Gasteiger partial charge in [-0.2, -0.15) is 5.26 Å². The third-order valence-corrected chi connectivity index (χ3v) is 2.98. The molecule has 0 N–H and O–H groups in total. The first-order valence-corrected chi connectivity index (χ1v) is 5.91. The Morgan fingerprint density at radius 2 is 1.85 bits per heavy atom. The lowest BCUT2D eigenvalue weighted by molar-refractivity contribution is 0.101. The van der Waals surface area contributed by atoms with E-state index >= 15 is 0 Å². The molecule has 0 fully saturated rings. The van der Waals surface area contributed by atoms with Gasteiger partial charge in [0.1, 0.15) is 11.4 Å². The summed E-state index contributed by atoms with van der Waals surface area (Å²) in [6, 6.07) is 13.8. The Morgan fingerprint density at radius 1 is 1.10 bits per heavy atom. The standard InChI is InChI=1S/C16H8FNO2/c17-13-5-6-14-12(7-13)8-15(20-14)16(19)11-3-1-10(9-18)2-4-11/h1-8H. The average Bonchev–Trinajstić information content (AvgIpc) is 2.89. The van der Waals surface area contributed by atoms with Crippen LogP contribution in [0.3, 0.4) is 0 Å². The predicted molar refractivity (Wildman–Crippen MR) is 70.8 cm³/mol. The van der Waals surface area contributed by atoms with Crippen LogP contribution >= 0.6 is 0 Å². The van der Waals surface area contributed by atoms with E-state index < -0.39 is 0 Å². The van der Waals surface area contributed by atoms with Crippen LogP contribution < -0.4 is 0 Å². The van der Waals surface area contributed by atoms with Crippen molar-refractivity contribution in [3.63, 3.8) is 0 Å². The first kappa shape index (κ1) is 12.1. The van der Waals surface area contributed by atoms with Gasteiger partial charge in [0.25, 0.3) is 0 Å². The Balaban J connectivity index is 2.01. The van der Waals surface area contributed by atoms with Crippen molar-refractivity contribution in [2.75, 3.05) is 0 Å². The summed E-state index contributed by atoms with van der Waals surface area (Å²) in [6.07, 6.45) is 0. The number of hydrogen-bond donors (Lipinski definition) is 0. The minimum atomic E-state index is -0.379. The first-order valence-electron chi connectivity index (χ1n) is 5.91. The zero-order chi connectivity index (χ0) is 14.1. The van der Waals surface area contributed by atoms with Crippen molar-refractivity contribution in [3.8, 4) is 6.07 Å². The topological polar surface area (TPSA) is 54.0 Å². The van der Waals surface area contributed by atoms with Crippen LogP contribution in [0, 0.1) is 17.1 Å². The maximum absolute atomic E-state index is 13.1. The van der Waals surface area contributed by atoms with Crippen molar-refractivity contribution in [1.29, 1.82) is 5.26 Å². The summed E-state index contributed by atoms with van der Waals surface area (Å²) < 4.78 is 18.5. The van der Waals surface area contributed by atoms with Crippen LogP contribution in [-0.4, -0.2) is 5.78 Å². The Morgan fingerprint density at radius 3 is 2.55 bits per heavy atom. The summed E-state index contributed by atoms with van der Waals surface area (Å²) in [7, 11) is 0. The predicted octanol–water partition coefficient (Wildman–Crippen LogP) is 3.67. The molecule has 0 amide bonds. The van der Waals surface area contributed by atoms with Crippen molar-refractivity contribution in [3.05, 3.63) is 71.2 Å². The summed E-state index contributed by atoms with van der Waals surface area (Å²) in [5.41, 5.74) is 1.36. The quantitative estimate of drug-likeness (QED) is 0.664. The fourth-order valence-electron chi connectivity index (χ4n) is 1.96. The molecule has 0 atom stereocenters. The molecule has 0 saturated heterocycles. The van der Waals surface area contributed by atoms with E-state index in [4.69, 9.17) is 9.68 Å². The molecule has 0 unspecified atom stereocenters. The molecule has 0 aliphatic carbocycles. The number of furan rings is 1. The molecular weight excluding hydrogens is 257 g/mol. The van der Waals surface area contributed by atoms with Gasteiger partial charge in [-0.15, -0.1) is 0 Å². The highest BCUT2D eigenvalue weighted by molar-refractivity contribution is 6.09. The maximum Gasteiger partial charge on any atom is 0.228 e. The number of nitrogens with zero attached hydrogens (tertiary/aromatic N) is 1. The van der Waals surface area contributed by atoms with E-state index in [-0.39, 0.29) is 17.4 Å². The van der Waals surface area contributed by atoms with Crippen LogP contribution in [0.5, 0.6) is 0 Å². The average molecular weight is 265 g/mol. The molecule has 0 radical (unpaired) electrons. The van der Waals surface area contributed by atoms with Crippen molar-refractivity contribution in [2.45, 2.75) is 0 Å². The van der Waals surface area contributed by atoms with Crippen LogP contribution in [0.1, 0.15) is 21.7 Å². The van der Waals surface area contributed by atoms with E-state index in [0.717, 1.165) is 0 Å². The van der Waals surface area contributed by atoms with Crippen molar-refractivity contribution >= 4 is 16.8 Å². The van der Waals surface area contributed by atoms with Crippen LogP contribution in [0.4, 0.5) is 4.39 Å². The highest BCUT2D eigenvalue weighted by Gasteiger charge is 2.14. The molecule has 2 aromatic carbocycles. The lowest BCUT2D eigenvalue weighted by Crippen LogP contribution is -1.99. The molecule has 0 saturated carbocycles. The third kappa shape index (κ3) is 2.06. The molecule has 3 aromatic rings. The lowest BCUT2D eigenvalue weighted by Gasteiger charge is -1.97. The van der Waals surface area contributed by atoms with Gasteiger partial charge >= 0.3 is 0 Å². The Hall–Kier alpha value is -2.93. The molecule has 96 valence electrons. The minimum absolute atomic E-state index is 0.148. The molecule has 3 nitrogen and oxygen atoms in total. The highest BCUT2D eigenvalue weighted by atomic mass is 19.1. The van der Waals surface area contributed by atoms with E-state index in [9.17, 15) is 9.18 Å². The van der Waals surface area contributed by atoms with Crippen molar-refractivity contribution in [1.82, 2.24) is 0 Å². The highest BCUT2D eigenvalue weighted by Crippen LogP contribution is 2.22. The summed E-state index contributed by atoms with van der Waals surface area (Å²) in [4.78, 5) is 12.2. The summed E-state index contributed by atoms with van der Waals surface area (Å²) in [6.45, 7) is 0. The van der Waals surface area contributed by atoms with Crippen LogP contribution in [0.2, 0.25) is 0 Å². The molecule has 1 heterocycles. The van der Waals surface area contributed by atoms with Gasteiger partial charge in [0, 0.05) is 10.9 Å². The third-order valence-electron chi connectivity index (χ3n) is 2.98. The maximum atomic E-state index is 13.1. The molecule has 0 aliphatic heterocycles. The van der Waals surface area contributed by atoms with Gasteiger partial charge < -0.3 is 4.42 Å². The zero-order valence-corrected chi connectivity index (χ0v) is 10.3. The van der Waals surface area contributed by atoms with Gasteiger partial charge in [-0.25, -0.2) is 4.39 Å². The number of nitriles is 1. The number of benzene rings is 2. The number of halogens is 1. The second-order valence-corrected chi connectivity index (χ2v) is 4.31. The summed E-state index contributed by atoms with van der Waals surface area (Å²) >= 11 is 0. The molecule has 0 bridgehead atoms. The molecular formula is C16H8FNO2. The number of carbonyl (C=O) groups excluding carboxylic acids is 1. The second-order valence-electron chi connectivity index (χ2n) is 4.31. The smallest absolute Gasteiger partial charge is 0.228 e. The normalized spacial score (nSPS) is 10.4. The van der Waals surface area contributed by atoms with Crippen LogP contribution in [0.25, 0.3) is 11.0 Å². The molecule has 0 aliphatic rings. The van der Waals surface area contributed by atoms with E-state index in [0.29, 0.717) is 22.1 Å². The molecule has 4 heteroatoms. The largest absolute Gasteiger partial charge is 0.453 e. The van der Waals surface area contributed by atoms with Crippen molar-refractivity contribution in [2.24, 2.45) is 0 Å². The van der Waals surface area contributed by atoms with Gasteiger partial charge in [0.15, 0.2) is 5.76 Å². The van der Waals surface area contributed by atoms with E-state index in [1.807, 2.05) is 6.07 Å². The summed E-state index contributed by atoms with van der Waals surface area (Å²) in [5.74, 6) is -0.530. The van der Waals surface area contributed by atoms with E-state index in [1.165, 1.54) is 24.3 Å². The van der Waals surface area contributed by atoms with E-state index in [2.05, 4.69) is 0 Å². The van der Waals surface area contributed by atoms with Crippen LogP contribution in [-0.2, 0) is 0 Å². The van der Waals surface area contributed by atoms with E-state index in [1.54, 1.807) is 24.3 Å². The fraction of sp³-hybridized carbons (Fsp3) is 0.